The Bertz CT molecular complexity index is 3670. The lowest BCUT2D eigenvalue weighted by atomic mass is 9.78. The monoisotopic (exact) mass is 1370 g/mol. The molecule has 5 N–H and O–H groups in total. The van der Waals surface area contributed by atoms with E-state index in [1.165, 1.54) is 32.7 Å². The van der Waals surface area contributed by atoms with Crippen LogP contribution >= 0.6 is 11.6 Å². The first kappa shape index (κ1) is 73.7. The molecule has 0 radical (unpaired) electrons. The summed E-state index contributed by atoms with van der Waals surface area (Å²) in [6.45, 7) is 11.8. The van der Waals surface area contributed by atoms with Crippen molar-refractivity contribution in [2.24, 2.45) is 35.5 Å². The summed E-state index contributed by atoms with van der Waals surface area (Å²) in [6.07, 6.45) is 4.30. The van der Waals surface area contributed by atoms with Gasteiger partial charge in [-0.3, -0.25) is 24.1 Å². The quantitative estimate of drug-likeness (QED) is 0.0329. The number of nitrogens with one attached hydrogen (secondary N) is 1. The largest absolute Gasteiger partial charge is 0.487 e. The van der Waals surface area contributed by atoms with E-state index >= 15 is 0 Å². The van der Waals surface area contributed by atoms with Crippen LogP contribution in [-0.4, -0.2) is 176 Å². The molecular weight excluding hydrogens is 1280 g/mol. The van der Waals surface area contributed by atoms with E-state index in [2.05, 4.69) is 20.2 Å². The van der Waals surface area contributed by atoms with Gasteiger partial charge >= 0.3 is 5.97 Å². The molecule has 10 rings (SSSR count). The number of carbonyl (C=O) groups is 5. The average molecular weight is 1380 g/mol. The number of ketones is 2. The van der Waals surface area contributed by atoms with Crippen molar-refractivity contribution in [1.82, 2.24) is 24.7 Å². The van der Waals surface area contributed by atoms with Gasteiger partial charge in [0.1, 0.15) is 65.9 Å². The third-order valence-corrected chi connectivity index (χ3v) is 20.9. The molecule has 5 aromatic rings. The van der Waals surface area contributed by atoms with Crippen molar-refractivity contribution in [3.8, 4) is 17.1 Å². The fourth-order valence-electron chi connectivity index (χ4n) is 14.9. The number of allylic oxidation sites excluding steroid dienone is 3. The van der Waals surface area contributed by atoms with Crippen LogP contribution in [0.15, 0.2) is 107 Å². The Morgan fingerprint density at radius 2 is 1.65 bits per heavy atom. The predicted octanol–water partition coefficient (Wildman–Crippen LogP) is 10.5. The zero-order valence-corrected chi connectivity index (χ0v) is 58.0. The van der Waals surface area contributed by atoms with E-state index in [0.717, 1.165) is 32.7 Å². The number of ether oxygens (including phenoxy) is 5. The summed E-state index contributed by atoms with van der Waals surface area (Å²) in [7, 11) is 3.03. The molecular formula is C75H96ClFN6O15. The number of aliphatic hydroxyl groups excluding tert-OH is 3. The van der Waals surface area contributed by atoms with Crippen LogP contribution in [-0.2, 0) is 56.1 Å². The smallest absolute Gasteiger partial charge is 0.329 e. The molecule has 5 aliphatic rings. The molecule has 4 fully saturated rings. The number of carbonyl (C=O) groups excluding carboxylic acids is 5. The van der Waals surface area contributed by atoms with Crippen LogP contribution in [0.3, 0.4) is 0 Å². The highest BCUT2D eigenvalue weighted by Gasteiger charge is 2.57. The van der Waals surface area contributed by atoms with Crippen LogP contribution in [0.5, 0.6) is 5.75 Å². The van der Waals surface area contributed by atoms with Gasteiger partial charge in [0.15, 0.2) is 0 Å². The fraction of sp³-hybridized carbons (Fsp3) is 0.560. The van der Waals surface area contributed by atoms with E-state index < -0.39 is 83.9 Å². The average Bonchev–Trinajstić information content (AvgIpc) is 0.934. The molecule has 6 heterocycles. The van der Waals surface area contributed by atoms with Crippen molar-refractivity contribution >= 4 is 63.4 Å². The van der Waals surface area contributed by atoms with Crippen LogP contribution in [0.25, 0.3) is 22.2 Å². The highest BCUT2D eigenvalue weighted by Crippen LogP contribution is 2.41. The maximum atomic E-state index is 14.9. The number of halogens is 2. The van der Waals surface area contributed by atoms with Crippen molar-refractivity contribution in [2.45, 2.75) is 180 Å². The van der Waals surface area contributed by atoms with Gasteiger partial charge in [-0.15, -0.1) is 0 Å². The minimum absolute atomic E-state index is 0.0279. The Hall–Kier alpha value is -6.99. The summed E-state index contributed by atoms with van der Waals surface area (Å²) in [5.74, 6) is -6.89. The summed E-state index contributed by atoms with van der Waals surface area (Å²) in [6, 6.07) is 20.0. The number of Topliss-reactive ketones (excluding diaryl/α,β-unsaturated/α-hetero) is 2. The first-order valence-electron chi connectivity index (χ1n) is 34.7. The number of aromatic nitrogens is 2. The fourth-order valence-corrected chi connectivity index (χ4v) is 15.2. The number of hydrogen-bond acceptors (Lipinski definition) is 19. The molecule has 23 heteroatoms. The van der Waals surface area contributed by atoms with Crippen molar-refractivity contribution < 1.29 is 76.9 Å². The zero-order chi connectivity index (χ0) is 69.9. The Morgan fingerprint density at radius 1 is 0.878 bits per heavy atom. The Labute approximate surface area is 578 Å². The number of furan rings is 1. The normalized spacial score (nSPS) is 29.9. The number of piperidine rings is 1. The molecule has 2 amide bonds. The molecule has 2 aromatic heterocycles. The number of piperazine rings is 1. The number of nitrogens with zero attached hydrogens (tertiary/aromatic N) is 5. The first-order chi connectivity index (χ1) is 47.0. The van der Waals surface area contributed by atoms with E-state index in [1.54, 1.807) is 45.0 Å². The van der Waals surface area contributed by atoms with Gasteiger partial charge in [-0.2, -0.15) is 0 Å². The number of fused-ring (bicyclic) bond motifs is 4. The van der Waals surface area contributed by atoms with Crippen molar-refractivity contribution in [2.75, 3.05) is 58.9 Å². The molecule has 98 heavy (non-hydrogen) atoms. The molecule has 530 valence electrons. The second-order valence-corrected chi connectivity index (χ2v) is 28.3. The molecule has 21 nitrogen and oxygen atoms in total. The minimum Gasteiger partial charge on any atom is -0.487 e. The summed E-state index contributed by atoms with van der Waals surface area (Å²) < 4.78 is 50.8. The highest BCUT2D eigenvalue weighted by atomic mass is 35.5. The van der Waals surface area contributed by atoms with Crippen LogP contribution in [0, 0.1) is 41.3 Å². The maximum absolute atomic E-state index is 14.9. The lowest BCUT2D eigenvalue weighted by Crippen LogP contribution is -2.64. The van der Waals surface area contributed by atoms with Crippen molar-refractivity contribution in [3.63, 3.8) is 0 Å². The van der Waals surface area contributed by atoms with Gasteiger partial charge in [-0.25, -0.2) is 19.2 Å². The summed E-state index contributed by atoms with van der Waals surface area (Å²) in [5, 5.41) is 49.7. The predicted molar refractivity (Wildman–Crippen MR) is 366 cm³/mol. The van der Waals surface area contributed by atoms with Crippen LogP contribution in [0.4, 0.5) is 15.9 Å². The lowest BCUT2D eigenvalue weighted by molar-refractivity contribution is -0.302. The molecule has 3 saturated heterocycles. The molecule has 1 saturated carbocycles. The molecule has 0 unspecified atom stereocenters. The summed E-state index contributed by atoms with van der Waals surface area (Å²) in [5.41, 5.74) is 4.36. The number of rotatable bonds is 17. The highest BCUT2D eigenvalue weighted by molar-refractivity contribution is 6.39. The third kappa shape index (κ3) is 17.9. The van der Waals surface area contributed by atoms with E-state index in [9.17, 15) is 48.8 Å². The third-order valence-electron chi connectivity index (χ3n) is 20.6. The number of aliphatic hydroxyl groups is 4. The second-order valence-electron chi connectivity index (χ2n) is 27.9. The number of anilines is 2. The van der Waals surface area contributed by atoms with Gasteiger partial charge in [0.25, 0.3) is 11.7 Å². The van der Waals surface area contributed by atoms with Gasteiger partial charge in [0.05, 0.1) is 41.5 Å². The zero-order valence-electron chi connectivity index (χ0n) is 57.3. The summed E-state index contributed by atoms with van der Waals surface area (Å²) in [4.78, 5) is 87.0. The van der Waals surface area contributed by atoms with E-state index in [-0.39, 0.29) is 80.7 Å². The standard InChI is InChI=1S/C75H96ClFN6O15/c1-44-30-45(2)32-66(93-6)70-67(94-7)34-47(4)75(92,98-70)71(89)73(90)83-25-9-8-15-60(83)74(91)97-69(46(3)33-49-17-22-61(85)53(35-49)41-84)48(5)62(86)39-63(87)51(31-44)13-11-16-68(88)82-28-26-81(27-29-82)40-56-20-24-64(96-56)52-18-21-59-57(37-52)72(79-43-78-59)80-55-19-23-65(58(76)38-55)95-42-50-12-10-14-54(77)36-50/h10,12,14,18-21,23-24,31,33,36-38,43,45,47-49,51,53,60-62,66-67,69-70,84-86,92H,8-9,11,13,15-17,22,25-30,32,34-35,39-42H2,1-7H3,(H,78,79,80)/b44-31+,46-33+/t45-,47+,48+,49-,51+,53-,60-,61+,62-,66-,67-,69+,70+,75+/m0/s1. The van der Waals surface area contributed by atoms with Crippen molar-refractivity contribution in [3.05, 3.63) is 125 Å². The van der Waals surface area contributed by atoms with Crippen LogP contribution in [0.2, 0.25) is 5.02 Å². The molecule has 1 aliphatic carbocycles. The number of benzene rings is 3. The minimum atomic E-state index is -2.58. The van der Waals surface area contributed by atoms with E-state index in [1.807, 2.05) is 67.3 Å². The maximum Gasteiger partial charge on any atom is 0.329 e. The topological polar surface area (TPSA) is 273 Å². The second kappa shape index (κ2) is 33.5. The molecule has 14 atom stereocenters. The van der Waals surface area contributed by atoms with E-state index in [4.69, 9.17) is 39.7 Å². The van der Waals surface area contributed by atoms with Gasteiger partial charge < -0.3 is 63.6 Å². The summed E-state index contributed by atoms with van der Waals surface area (Å²) >= 11 is 6.63. The van der Waals surface area contributed by atoms with Gasteiger partial charge in [-0.05, 0) is 168 Å². The number of esters is 1. The number of hydrogen-bond donors (Lipinski definition) is 5. The van der Waals surface area contributed by atoms with Crippen LogP contribution in [0.1, 0.15) is 129 Å². The van der Waals surface area contributed by atoms with E-state index in [0.29, 0.717) is 130 Å². The molecule has 0 spiro atoms. The molecule has 2 bridgehead atoms. The molecule has 4 aliphatic heterocycles. The lowest BCUT2D eigenvalue weighted by Gasteiger charge is -2.47. The number of cyclic esters (lactones) is 1. The Balaban J connectivity index is 0.801. The van der Waals surface area contributed by atoms with Gasteiger partial charge in [0, 0.05) is 107 Å². The van der Waals surface area contributed by atoms with Crippen LogP contribution < -0.4 is 10.1 Å². The number of methoxy groups -OCH3 is 2. The Morgan fingerprint density at radius 3 is 2.40 bits per heavy atom. The van der Waals surface area contributed by atoms with Gasteiger partial charge in [-0.1, -0.05) is 62.2 Å². The molecule has 3 aromatic carbocycles. The Kier molecular flexibility index (Phi) is 25.2. The first-order valence-corrected chi connectivity index (χ1v) is 35.0. The van der Waals surface area contributed by atoms with Crippen molar-refractivity contribution in [1.29, 1.82) is 0 Å². The number of amides is 2. The SMILES string of the molecule is CO[C@H]1C[C@@H](C)C/C(C)=C/[C@@H](CCCC(=O)N2CCN(Cc3ccc(-c4ccc5ncnc(Nc6ccc(OCc7cccc(F)c7)c(Cl)c6)c5c4)o3)CC2)C(=O)C[C@H](O)[C@@H](C)[C@@H](/C(C)=C/[C@@H]2CC[C@@H](O)[C@H](CO)C2)OC(=O)[C@@H]2CCCCN2C(=O)C(=O)[C@]2(O)O[C@H]1[C@@H](OC)C[C@H]2C. The van der Waals surface area contributed by atoms with Gasteiger partial charge in [0.2, 0.25) is 11.7 Å².